The fraction of sp³-hybridized carbons (Fsp3) is 0.500. The summed E-state index contributed by atoms with van der Waals surface area (Å²) in [6.07, 6.45) is -3.91. The van der Waals surface area contributed by atoms with E-state index in [2.05, 4.69) is 4.98 Å². The number of pyridine rings is 1. The van der Waals surface area contributed by atoms with E-state index in [1.807, 2.05) is 5.32 Å². The number of aromatic nitrogens is 1. The van der Waals surface area contributed by atoms with Crippen LogP contribution in [-0.4, -0.2) is 34.2 Å². The molecule has 1 unspecified atom stereocenters. The van der Waals surface area contributed by atoms with Crippen molar-refractivity contribution in [2.75, 3.05) is 0 Å². The van der Waals surface area contributed by atoms with Crippen LogP contribution in [0.15, 0.2) is 18.3 Å². The number of amides is 1. The number of carbonyl (C=O) groups is 2. The van der Waals surface area contributed by atoms with Crippen molar-refractivity contribution in [2.45, 2.75) is 39.4 Å². The van der Waals surface area contributed by atoms with Crippen LogP contribution in [0.4, 0.5) is 13.2 Å². The molecule has 0 saturated heterocycles. The lowest BCUT2D eigenvalue weighted by molar-refractivity contribution is -0.159. The van der Waals surface area contributed by atoms with Gasteiger partial charge in [0.15, 0.2) is 0 Å². The molecule has 0 aliphatic heterocycles. The maximum absolute atomic E-state index is 13.0. The first kappa shape index (κ1) is 17.9. The number of alkyl halides is 3. The van der Waals surface area contributed by atoms with Crippen molar-refractivity contribution >= 4 is 11.9 Å². The average Bonchev–Trinajstić information content (AvgIpc) is 2.35. The number of nitrogens with one attached hydrogen (secondary N) is 1. The Balaban J connectivity index is 2.89. The summed E-state index contributed by atoms with van der Waals surface area (Å²) in [5.41, 5.74) is -1.05. The fourth-order valence-corrected chi connectivity index (χ4v) is 1.76. The number of rotatable bonds is 4. The lowest BCUT2D eigenvalue weighted by Gasteiger charge is -2.28. The van der Waals surface area contributed by atoms with Gasteiger partial charge in [-0.25, -0.2) is 9.78 Å². The molecule has 0 radical (unpaired) electrons. The van der Waals surface area contributed by atoms with Gasteiger partial charge < -0.3 is 10.4 Å². The highest BCUT2D eigenvalue weighted by Crippen LogP contribution is 2.30. The minimum Gasteiger partial charge on any atom is -0.477 e. The molecule has 1 aromatic rings. The molecule has 1 aromatic heterocycles. The van der Waals surface area contributed by atoms with Crippen LogP contribution < -0.4 is 5.32 Å². The second-order valence-corrected chi connectivity index (χ2v) is 6.07. The number of halogens is 3. The largest absolute Gasteiger partial charge is 0.477 e. The van der Waals surface area contributed by atoms with Crippen LogP contribution in [0, 0.1) is 5.41 Å². The van der Waals surface area contributed by atoms with Crippen LogP contribution in [0.1, 0.15) is 48.0 Å². The molecule has 1 atom stereocenters. The van der Waals surface area contributed by atoms with Gasteiger partial charge in [-0.2, -0.15) is 13.2 Å². The van der Waals surface area contributed by atoms with Crippen LogP contribution in [-0.2, 0) is 0 Å². The second-order valence-electron chi connectivity index (χ2n) is 6.07. The Morgan fingerprint density at radius 1 is 1.27 bits per heavy atom. The summed E-state index contributed by atoms with van der Waals surface area (Å²) in [6.45, 7) is 4.92. The number of nitrogens with zero attached hydrogens (tertiary/aromatic N) is 1. The molecule has 0 fully saturated rings. The Morgan fingerprint density at radius 3 is 2.23 bits per heavy atom. The number of carboxylic acid groups (broad SMARTS) is 1. The van der Waals surface area contributed by atoms with Crippen molar-refractivity contribution in [1.82, 2.24) is 10.3 Å². The molecule has 1 rings (SSSR count). The Bertz CT molecular complexity index is 548. The molecule has 0 spiro atoms. The number of carbonyl (C=O) groups excluding carboxylic acids is 1. The minimum atomic E-state index is -4.57. The third kappa shape index (κ3) is 5.34. The van der Waals surface area contributed by atoms with E-state index >= 15 is 0 Å². The molecule has 2 N–H and O–H groups in total. The molecule has 1 amide bonds. The van der Waals surface area contributed by atoms with Crippen molar-refractivity contribution in [1.29, 1.82) is 0 Å². The molecule has 0 aliphatic carbocycles. The van der Waals surface area contributed by atoms with Gasteiger partial charge in [-0.1, -0.05) is 20.8 Å². The van der Waals surface area contributed by atoms with Crippen LogP contribution >= 0.6 is 0 Å². The minimum absolute atomic E-state index is 0.131. The van der Waals surface area contributed by atoms with Gasteiger partial charge in [0.2, 0.25) is 0 Å². The average molecular weight is 318 g/mol. The number of hydrogen-bond acceptors (Lipinski definition) is 3. The van der Waals surface area contributed by atoms with Crippen molar-refractivity contribution in [3.05, 3.63) is 29.6 Å². The predicted octanol–water partition coefficient (Wildman–Crippen LogP) is 2.88. The summed E-state index contributed by atoms with van der Waals surface area (Å²) in [6, 6.07) is 0.194. The van der Waals surface area contributed by atoms with Crippen molar-refractivity contribution in [3.8, 4) is 0 Å². The van der Waals surface area contributed by atoms with E-state index in [0.717, 1.165) is 18.3 Å². The van der Waals surface area contributed by atoms with Crippen LogP contribution in [0.2, 0.25) is 0 Å². The molecule has 1 heterocycles. The Kier molecular flexibility index (Phi) is 5.16. The summed E-state index contributed by atoms with van der Waals surface area (Å²) >= 11 is 0. The fourth-order valence-electron chi connectivity index (χ4n) is 1.76. The van der Waals surface area contributed by atoms with Crippen molar-refractivity contribution < 1.29 is 27.9 Å². The van der Waals surface area contributed by atoms with E-state index in [1.165, 1.54) is 0 Å². The van der Waals surface area contributed by atoms with Gasteiger partial charge >= 0.3 is 12.1 Å². The summed E-state index contributed by atoms with van der Waals surface area (Å²) in [5.74, 6) is -2.23. The highest BCUT2D eigenvalue weighted by atomic mass is 19.4. The van der Waals surface area contributed by atoms with Gasteiger partial charge in [0, 0.05) is 6.20 Å². The Morgan fingerprint density at radius 2 is 1.86 bits per heavy atom. The zero-order valence-corrected chi connectivity index (χ0v) is 12.4. The molecule has 5 nitrogen and oxygen atoms in total. The van der Waals surface area contributed by atoms with E-state index in [4.69, 9.17) is 5.11 Å². The number of carboxylic acids is 1. The van der Waals surface area contributed by atoms with Gasteiger partial charge in [0.1, 0.15) is 11.7 Å². The predicted molar refractivity (Wildman–Crippen MR) is 72.6 cm³/mol. The molecule has 22 heavy (non-hydrogen) atoms. The molecule has 0 saturated carbocycles. The first-order valence-electron chi connectivity index (χ1n) is 6.47. The number of hydrogen-bond donors (Lipinski definition) is 2. The number of aromatic carboxylic acids is 1. The maximum Gasteiger partial charge on any atom is 0.408 e. The van der Waals surface area contributed by atoms with Gasteiger partial charge in [0.25, 0.3) is 5.91 Å². The normalized spacial score (nSPS) is 13.5. The maximum atomic E-state index is 13.0. The highest BCUT2D eigenvalue weighted by Gasteiger charge is 2.42. The SMILES string of the molecule is CC(C)(C)CC(NC(=O)c1ccc(C(=O)O)nc1)C(F)(F)F. The molecule has 8 heteroatoms. The van der Waals surface area contributed by atoms with Crippen LogP contribution in [0.3, 0.4) is 0 Å². The Hall–Kier alpha value is -2.12. The van der Waals surface area contributed by atoms with Crippen molar-refractivity contribution in [3.63, 3.8) is 0 Å². The first-order valence-corrected chi connectivity index (χ1v) is 6.47. The first-order chi connectivity index (χ1) is 9.90. The smallest absolute Gasteiger partial charge is 0.408 e. The van der Waals surface area contributed by atoms with E-state index in [9.17, 15) is 22.8 Å². The zero-order valence-electron chi connectivity index (χ0n) is 12.4. The molecular formula is C14H17F3N2O3. The summed E-state index contributed by atoms with van der Waals surface area (Å²) in [4.78, 5) is 26.0. The molecule has 122 valence electrons. The topological polar surface area (TPSA) is 79.3 Å². The van der Waals surface area contributed by atoms with Crippen LogP contribution in [0.25, 0.3) is 0 Å². The van der Waals surface area contributed by atoms with E-state index in [-0.39, 0.29) is 17.7 Å². The van der Waals surface area contributed by atoms with Gasteiger partial charge in [-0.15, -0.1) is 0 Å². The molecule has 0 bridgehead atoms. The molecule has 0 aliphatic rings. The van der Waals surface area contributed by atoms with Gasteiger partial charge in [0.05, 0.1) is 5.56 Å². The Labute approximate surface area is 125 Å². The molecular weight excluding hydrogens is 301 g/mol. The van der Waals surface area contributed by atoms with E-state index in [0.29, 0.717) is 0 Å². The molecule has 0 aromatic carbocycles. The van der Waals surface area contributed by atoms with Gasteiger partial charge in [-0.3, -0.25) is 4.79 Å². The monoisotopic (exact) mass is 318 g/mol. The quantitative estimate of drug-likeness (QED) is 0.894. The van der Waals surface area contributed by atoms with Crippen molar-refractivity contribution in [2.24, 2.45) is 5.41 Å². The lowest BCUT2D eigenvalue weighted by Crippen LogP contribution is -2.47. The van der Waals surface area contributed by atoms with E-state index in [1.54, 1.807) is 20.8 Å². The third-order valence-corrected chi connectivity index (χ3v) is 2.76. The standard InChI is InChI=1S/C14H17F3N2O3/c1-13(2,3)6-10(14(15,16)17)19-11(20)8-4-5-9(12(21)22)18-7-8/h4-5,7,10H,6H2,1-3H3,(H,19,20)(H,21,22). The summed E-state index contributed by atoms with van der Waals surface area (Å²) < 4.78 is 39.0. The summed E-state index contributed by atoms with van der Waals surface area (Å²) in [7, 11) is 0. The van der Waals surface area contributed by atoms with Crippen LogP contribution in [0.5, 0.6) is 0 Å². The third-order valence-electron chi connectivity index (χ3n) is 2.76. The lowest BCUT2D eigenvalue weighted by atomic mass is 9.87. The highest BCUT2D eigenvalue weighted by molar-refractivity contribution is 5.95. The zero-order chi connectivity index (χ0) is 17.1. The van der Waals surface area contributed by atoms with Gasteiger partial charge in [-0.05, 0) is 24.0 Å². The second kappa shape index (κ2) is 6.33. The van der Waals surface area contributed by atoms with E-state index < -0.39 is 29.5 Å². The summed E-state index contributed by atoms with van der Waals surface area (Å²) in [5, 5.41) is 10.6.